The van der Waals surface area contributed by atoms with Crippen LogP contribution in [0.4, 0.5) is 14.5 Å². The lowest BCUT2D eigenvalue weighted by molar-refractivity contribution is 0.585. The van der Waals surface area contributed by atoms with Gasteiger partial charge in [0.2, 0.25) is 0 Å². The minimum atomic E-state index is -0.576. The summed E-state index contributed by atoms with van der Waals surface area (Å²) in [5.41, 5.74) is 8.29. The first kappa shape index (κ1) is 10.6. The van der Waals surface area contributed by atoms with E-state index >= 15 is 0 Å². The van der Waals surface area contributed by atoms with Crippen LogP contribution in [0, 0.1) is 18.6 Å². The van der Waals surface area contributed by atoms with E-state index in [0.717, 1.165) is 11.6 Å². The third-order valence-electron chi connectivity index (χ3n) is 2.51. The molecular weight excluding hydrogens is 208 g/mol. The van der Waals surface area contributed by atoms with E-state index in [2.05, 4.69) is 0 Å². The number of hydrogen-bond donors (Lipinski definition) is 1. The molecule has 0 bridgehead atoms. The molecule has 0 spiro atoms. The average molecular weight is 219 g/mol. The van der Waals surface area contributed by atoms with E-state index in [0.29, 0.717) is 16.8 Å². The zero-order valence-electron chi connectivity index (χ0n) is 8.80. The fraction of sp³-hybridized carbons (Fsp3) is 0.0769. The highest BCUT2D eigenvalue weighted by molar-refractivity contribution is 5.68. The summed E-state index contributed by atoms with van der Waals surface area (Å²) in [6, 6.07) is 8.76. The molecule has 2 aromatic rings. The number of anilines is 1. The molecular formula is C13H11F2N. The Hall–Kier alpha value is -1.90. The molecule has 0 aliphatic heterocycles. The molecule has 2 rings (SSSR count). The lowest BCUT2D eigenvalue weighted by Gasteiger charge is -2.06. The minimum Gasteiger partial charge on any atom is -0.399 e. The fourth-order valence-electron chi connectivity index (χ4n) is 1.57. The van der Waals surface area contributed by atoms with Gasteiger partial charge in [0.25, 0.3) is 0 Å². The van der Waals surface area contributed by atoms with Crippen LogP contribution < -0.4 is 5.73 Å². The standard InChI is InChI=1S/C13H11F2N/c1-8-6-9(2-5-13(8)16)11-4-3-10(14)7-12(11)15/h2-7H,16H2,1H3. The van der Waals surface area contributed by atoms with Gasteiger partial charge in [-0.25, -0.2) is 8.78 Å². The van der Waals surface area contributed by atoms with Crippen LogP contribution >= 0.6 is 0 Å². The van der Waals surface area contributed by atoms with Gasteiger partial charge in [0.15, 0.2) is 0 Å². The van der Waals surface area contributed by atoms with Crippen LogP contribution in [0.1, 0.15) is 5.56 Å². The van der Waals surface area contributed by atoms with E-state index in [1.54, 1.807) is 18.2 Å². The van der Waals surface area contributed by atoms with Crippen molar-refractivity contribution >= 4 is 5.69 Å². The molecule has 0 aliphatic carbocycles. The van der Waals surface area contributed by atoms with Crippen LogP contribution in [0.15, 0.2) is 36.4 Å². The Labute approximate surface area is 92.5 Å². The van der Waals surface area contributed by atoms with Gasteiger partial charge < -0.3 is 5.73 Å². The van der Waals surface area contributed by atoms with Crippen LogP contribution in [0.3, 0.4) is 0 Å². The number of nitrogens with two attached hydrogens (primary N) is 1. The van der Waals surface area contributed by atoms with E-state index in [9.17, 15) is 8.78 Å². The quantitative estimate of drug-likeness (QED) is 0.729. The summed E-state index contributed by atoms with van der Waals surface area (Å²) in [7, 11) is 0. The molecule has 0 aromatic heterocycles. The van der Waals surface area contributed by atoms with Crippen molar-refractivity contribution in [3.63, 3.8) is 0 Å². The second-order valence-corrected chi connectivity index (χ2v) is 3.70. The van der Waals surface area contributed by atoms with Gasteiger partial charge in [0.1, 0.15) is 11.6 Å². The Kier molecular flexibility index (Phi) is 2.60. The summed E-state index contributed by atoms with van der Waals surface area (Å²) in [6.45, 7) is 1.85. The van der Waals surface area contributed by atoms with Crippen LogP contribution in [-0.2, 0) is 0 Å². The van der Waals surface area contributed by atoms with Crippen molar-refractivity contribution in [3.05, 3.63) is 53.6 Å². The van der Waals surface area contributed by atoms with Crippen molar-refractivity contribution in [1.82, 2.24) is 0 Å². The summed E-state index contributed by atoms with van der Waals surface area (Å²) in [5, 5.41) is 0. The van der Waals surface area contributed by atoms with Gasteiger partial charge in [0.05, 0.1) is 0 Å². The van der Waals surface area contributed by atoms with Gasteiger partial charge in [-0.2, -0.15) is 0 Å². The Morgan fingerprint density at radius 2 is 1.75 bits per heavy atom. The van der Waals surface area contributed by atoms with Crippen LogP contribution in [0.2, 0.25) is 0 Å². The second-order valence-electron chi connectivity index (χ2n) is 3.70. The number of nitrogen functional groups attached to an aromatic ring is 1. The summed E-state index contributed by atoms with van der Waals surface area (Å²) in [6.07, 6.45) is 0. The van der Waals surface area contributed by atoms with E-state index in [1.165, 1.54) is 12.1 Å². The van der Waals surface area contributed by atoms with Gasteiger partial charge in [0, 0.05) is 17.3 Å². The Balaban J connectivity index is 2.54. The number of rotatable bonds is 1. The normalized spacial score (nSPS) is 10.4. The van der Waals surface area contributed by atoms with Crippen LogP contribution in [0.5, 0.6) is 0 Å². The molecule has 0 radical (unpaired) electrons. The SMILES string of the molecule is Cc1cc(-c2ccc(F)cc2F)ccc1N. The molecule has 1 nitrogen and oxygen atoms in total. The highest BCUT2D eigenvalue weighted by Gasteiger charge is 2.07. The van der Waals surface area contributed by atoms with Crippen molar-refractivity contribution in [2.24, 2.45) is 0 Å². The lowest BCUT2D eigenvalue weighted by atomic mass is 10.0. The van der Waals surface area contributed by atoms with Crippen LogP contribution in [0.25, 0.3) is 11.1 Å². The first-order chi connectivity index (χ1) is 7.58. The second kappa shape index (κ2) is 3.93. The number of halogens is 2. The van der Waals surface area contributed by atoms with Crippen LogP contribution in [-0.4, -0.2) is 0 Å². The van der Waals surface area contributed by atoms with Gasteiger partial charge in [-0.05, 0) is 42.3 Å². The number of benzene rings is 2. The maximum Gasteiger partial charge on any atom is 0.133 e. The smallest absolute Gasteiger partial charge is 0.133 e. The zero-order valence-corrected chi connectivity index (χ0v) is 8.80. The minimum absolute atomic E-state index is 0.379. The Morgan fingerprint density at radius 1 is 1.00 bits per heavy atom. The summed E-state index contributed by atoms with van der Waals surface area (Å²) < 4.78 is 26.2. The maximum absolute atomic E-state index is 13.5. The van der Waals surface area contributed by atoms with E-state index in [-0.39, 0.29) is 0 Å². The molecule has 2 N–H and O–H groups in total. The van der Waals surface area contributed by atoms with Gasteiger partial charge in [-0.3, -0.25) is 0 Å². The molecule has 0 fully saturated rings. The lowest BCUT2D eigenvalue weighted by Crippen LogP contribution is -1.91. The highest BCUT2D eigenvalue weighted by atomic mass is 19.1. The fourth-order valence-corrected chi connectivity index (χ4v) is 1.57. The average Bonchev–Trinajstić information content (AvgIpc) is 2.22. The molecule has 0 saturated carbocycles. The largest absolute Gasteiger partial charge is 0.399 e. The van der Waals surface area contributed by atoms with Gasteiger partial charge >= 0.3 is 0 Å². The monoisotopic (exact) mass is 219 g/mol. The predicted octanol–water partition coefficient (Wildman–Crippen LogP) is 3.52. The molecule has 0 aliphatic rings. The molecule has 0 amide bonds. The van der Waals surface area contributed by atoms with E-state index in [4.69, 9.17) is 5.73 Å². The van der Waals surface area contributed by atoms with Crippen molar-refractivity contribution in [2.75, 3.05) is 5.73 Å². The third-order valence-corrected chi connectivity index (χ3v) is 2.51. The molecule has 82 valence electrons. The summed E-state index contributed by atoms with van der Waals surface area (Å²) >= 11 is 0. The Bertz CT molecular complexity index is 535. The van der Waals surface area contributed by atoms with Gasteiger partial charge in [-0.15, -0.1) is 0 Å². The molecule has 0 unspecified atom stereocenters. The number of aryl methyl sites for hydroxylation is 1. The molecule has 0 atom stereocenters. The summed E-state index contributed by atoms with van der Waals surface area (Å²) in [4.78, 5) is 0. The Morgan fingerprint density at radius 3 is 2.38 bits per heavy atom. The number of hydrogen-bond acceptors (Lipinski definition) is 1. The summed E-state index contributed by atoms with van der Waals surface area (Å²) in [5.74, 6) is -1.14. The highest BCUT2D eigenvalue weighted by Crippen LogP contribution is 2.26. The predicted molar refractivity (Wildman–Crippen MR) is 60.9 cm³/mol. The third kappa shape index (κ3) is 1.89. The van der Waals surface area contributed by atoms with Crippen molar-refractivity contribution in [1.29, 1.82) is 0 Å². The van der Waals surface area contributed by atoms with Crippen molar-refractivity contribution in [3.8, 4) is 11.1 Å². The van der Waals surface area contributed by atoms with E-state index in [1.807, 2.05) is 6.92 Å². The first-order valence-corrected chi connectivity index (χ1v) is 4.89. The van der Waals surface area contributed by atoms with E-state index < -0.39 is 11.6 Å². The molecule has 3 heteroatoms. The molecule has 16 heavy (non-hydrogen) atoms. The van der Waals surface area contributed by atoms with Crippen molar-refractivity contribution < 1.29 is 8.78 Å². The topological polar surface area (TPSA) is 26.0 Å². The molecule has 0 saturated heterocycles. The van der Waals surface area contributed by atoms with Gasteiger partial charge in [-0.1, -0.05) is 6.07 Å². The molecule has 0 heterocycles. The first-order valence-electron chi connectivity index (χ1n) is 4.89. The van der Waals surface area contributed by atoms with Crippen molar-refractivity contribution in [2.45, 2.75) is 6.92 Å². The molecule has 2 aromatic carbocycles. The zero-order chi connectivity index (χ0) is 11.7. The maximum atomic E-state index is 13.5.